The van der Waals surface area contributed by atoms with Crippen LogP contribution in [0.5, 0.6) is 0 Å². The predicted octanol–water partition coefficient (Wildman–Crippen LogP) is 0.924. The summed E-state index contributed by atoms with van der Waals surface area (Å²) in [5.74, 6) is -0.353. The maximum atomic E-state index is 11.9. The number of carbonyl (C=O) groups is 2. The first kappa shape index (κ1) is 15.5. The van der Waals surface area contributed by atoms with Crippen molar-refractivity contribution < 1.29 is 19.1 Å². The lowest BCUT2D eigenvalue weighted by molar-refractivity contribution is -0.158. The van der Waals surface area contributed by atoms with Crippen molar-refractivity contribution >= 4 is 12.1 Å². The van der Waals surface area contributed by atoms with Crippen LogP contribution in [0.25, 0.3) is 0 Å². The van der Waals surface area contributed by atoms with Crippen LogP contribution in [-0.4, -0.2) is 54.8 Å². The molecule has 1 amide bonds. The molecule has 1 rings (SSSR count). The number of esters is 1. The molecule has 1 aliphatic rings. The molecule has 1 saturated heterocycles. The standard InChI is InChI=1S/C13H22N2O4/c1-5-8-18-12(17)15-7-6-14-10(9-15)11(16)19-13(2,3)4/h5,10,14H,1,6-9H2,2-4H3/t10-/m0/s1. The Hall–Kier alpha value is -1.56. The summed E-state index contributed by atoms with van der Waals surface area (Å²) in [7, 11) is 0. The van der Waals surface area contributed by atoms with Gasteiger partial charge in [-0.2, -0.15) is 0 Å². The monoisotopic (exact) mass is 270 g/mol. The highest BCUT2D eigenvalue weighted by Gasteiger charge is 2.31. The smallest absolute Gasteiger partial charge is 0.410 e. The summed E-state index contributed by atoms with van der Waals surface area (Å²) >= 11 is 0. The van der Waals surface area contributed by atoms with Crippen LogP contribution in [0, 0.1) is 0 Å². The van der Waals surface area contributed by atoms with E-state index in [2.05, 4.69) is 11.9 Å². The minimum atomic E-state index is -0.537. The number of nitrogens with zero attached hydrogens (tertiary/aromatic N) is 1. The highest BCUT2D eigenvalue weighted by molar-refractivity contribution is 5.78. The van der Waals surface area contributed by atoms with Gasteiger partial charge in [0.15, 0.2) is 0 Å². The average molecular weight is 270 g/mol. The van der Waals surface area contributed by atoms with Crippen LogP contribution in [0.1, 0.15) is 20.8 Å². The summed E-state index contributed by atoms with van der Waals surface area (Å²) in [5, 5.41) is 3.04. The summed E-state index contributed by atoms with van der Waals surface area (Å²) in [6.07, 6.45) is 1.07. The summed E-state index contributed by atoms with van der Waals surface area (Å²) in [5.41, 5.74) is -0.537. The van der Waals surface area contributed by atoms with E-state index in [0.29, 0.717) is 13.1 Å². The second kappa shape index (κ2) is 6.56. The predicted molar refractivity (Wildman–Crippen MR) is 70.8 cm³/mol. The van der Waals surface area contributed by atoms with Crippen LogP contribution in [0.3, 0.4) is 0 Å². The Bertz CT molecular complexity index is 349. The van der Waals surface area contributed by atoms with Gasteiger partial charge in [0.25, 0.3) is 0 Å². The third-order valence-corrected chi connectivity index (χ3v) is 2.45. The van der Waals surface area contributed by atoms with Crippen LogP contribution >= 0.6 is 0 Å². The molecule has 0 aliphatic carbocycles. The minimum absolute atomic E-state index is 0.167. The third kappa shape index (κ3) is 5.30. The Morgan fingerprint density at radius 1 is 1.47 bits per heavy atom. The van der Waals surface area contributed by atoms with Gasteiger partial charge in [-0.25, -0.2) is 4.79 Å². The van der Waals surface area contributed by atoms with Gasteiger partial charge in [-0.3, -0.25) is 4.79 Å². The number of carbonyl (C=O) groups excluding carboxylic acids is 2. The molecular weight excluding hydrogens is 248 g/mol. The largest absolute Gasteiger partial charge is 0.459 e. The number of ether oxygens (including phenoxy) is 2. The average Bonchev–Trinajstić information content (AvgIpc) is 2.34. The molecule has 0 aromatic heterocycles. The molecule has 1 aliphatic heterocycles. The lowest BCUT2D eigenvalue weighted by atomic mass is 10.1. The normalized spacial score (nSPS) is 19.7. The summed E-state index contributed by atoms with van der Waals surface area (Å²) in [6, 6.07) is -0.510. The topological polar surface area (TPSA) is 67.9 Å². The van der Waals surface area contributed by atoms with Gasteiger partial charge in [-0.1, -0.05) is 12.7 Å². The van der Waals surface area contributed by atoms with E-state index in [-0.39, 0.29) is 19.1 Å². The number of rotatable bonds is 3. The number of amides is 1. The van der Waals surface area contributed by atoms with Crippen LogP contribution in [0.4, 0.5) is 4.79 Å². The molecule has 6 heteroatoms. The Morgan fingerprint density at radius 3 is 2.74 bits per heavy atom. The molecule has 1 heterocycles. The summed E-state index contributed by atoms with van der Waals surface area (Å²) in [6.45, 7) is 10.4. The van der Waals surface area contributed by atoms with Crippen molar-refractivity contribution in [1.82, 2.24) is 10.2 Å². The van der Waals surface area contributed by atoms with Crippen molar-refractivity contribution in [1.29, 1.82) is 0 Å². The van der Waals surface area contributed by atoms with Gasteiger partial charge < -0.3 is 19.7 Å². The minimum Gasteiger partial charge on any atom is -0.459 e. The molecule has 0 saturated carbocycles. The fraction of sp³-hybridized carbons (Fsp3) is 0.692. The zero-order chi connectivity index (χ0) is 14.5. The lowest BCUT2D eigenvalue weighted by Crippen LogP contribution is -2.57. The third-order valence-electron chi connectivity index (χ3n) is 2.45. The van der Waals surface area contributed by atoms with Crippen molar-refractivity contribution in [2.45, 2.75) is 32.4 Å². The number of hydrogen-bond acceptors (Lipinski definition) is 5. The van der Waals surface area contributed by atoms with E-state index in [9.17, 15) is 9.59 Å². The fourth-order valence-electron chi connectivity index (χ4n) is 1.67. The van der Waals surface area contributed by atoms with Crippen molar-refractivity contribution in [3.63, 3.8) is 0 Å². The van der Waals surface area contributed by atoms with Gasteiger partial charge in [0.2, 0.25) is 0 Å². The second-order valence-electron chi connectivity index (χ2n) is 5.35. The molecule has 1 atom stereocenters. The Balaban J connectivity index is 2.52. The quantitative estimate of drug-likeness (QED) is 0.610. The molecule has 0 aromatic carbocycles. The highest BCUT2D eigenvalue weighted by Crippen LogP contribution is 2.11. The van der Waals surface area contributed by atoms with E-state index >= 15 is 0 Å². The van der Waals surface area contributed by atoms with E-state index in [0.717, 1.165) is 0 Å². The molecule has 19 heavy (non-hydrogen) atoms. The van der Waals surface area contributed by atoms with Crippen LogP contribution in [0.2, 0.25) is 0 Å². The van der Waals surface area contributed by atoms with Crippen molar-refractivity contribution in [3.8, 4) is 0 Å². The van der Waals surface area contributed by atoms with E-state index < -0.39 is 17.7 Å². The van der Waals surface area contributed by atoms with Gasteiger partial charge in [0.05, 0.1) is 6.54 Å². The van der Waals surface area contributed by atoms with Gasteiger partial charge >= 0.3 is 12.1 Å². The molecular formula is C13H22N2O4. The maximum absolute atomic E-state index is 11.9. The zero-order valence-corrected chi connectivity index (χ0v) is 11.8. The van der Waals surface area contributed by atoms with Crippen LogP contribution in [-0.2, 0) is 14.3 Å². The number of piperazine rings is 1. The molecule has 0 bridgehead atoms. The zero-order valence-electron chi connectivity index (χ0n) is 11.8. The van der Waals surface area contributed by atoms with Crippen molar-refractivity contribution in [2.24, 2.45) is 0 Å². The van der Waals surface area contributed by atoms with Crippen molar-refractivity contribution in [2.75, 3.05) is 26.2 Å². The summed E-state index contributed by atoms with van der Waals surface area (Å²) in [4.78, 5) is 25.1. The lowest BCUT2D eigenvalue weighted by Gasteiger charge is -2.33. The van der Waals surface area contributed by atoms with Crippen molar-refractivity contribution in [3.05, 3.63) is 12.7 Å². The van der Waals surface area contributed by atoms with E-state index in [1.807, 2.05) is 20.8 Å². The second-order valence-corrected chi connectivity index (χ2v) is 5.35. The van der Waals surface area contributed by atoms with Crippen LogP contribution < -0.4 is 5.32 Å². The summed E-state index contributed by atoms with van der Waals surface area (Å²) < 4.78 is 10.2. The molecule has 108 valence electrons. The number of hydrogen-bond donors (Lipinski definition) is 1. The number of nitrogens with one attached hydrogen (secondary N) is 1. The molecule has 0 aromatic rings. The highest BCUT2D eigenvalue weighted by atomic mass is 16.6. The van der Waals surface area contributed by atoms with Gasteiger partial charge in [0.1, 0.15) is 18.2 Å². The van der Waals surface area contributed by atoms with E-state index in [1.165, 1.54) is 11.0 Å². The molecule has 0 spiro atoms. The Kier molecular flexibility index (Phi) is 5.35. The first-order chi connectivity index (χ1) is 8.83. The molecule has 0 radical (unpaired) electrons. The van der Waals surface area contributed by atoms with Crippen LogP contribution in [0.15, 0.2) is 12.7 Å². The van der Waals surface area contributed by atoms with E-state index in [4.69, 9.17) is 9.47 Å². The molecule has 1 N–H and O–H groups in total. The Morgan fingerprint density at radius 2 is 2.16 bits per heavy atom. The van der Waals surface area contributed by atoms with Gasteiger partial charge in [-0.15, -0.1) is 0 Å². The molecule has 1 fully saturated rings. The van der Waals surface area contributed by atoms with E-state index in [1.54, 1.807) is 0 Å². The SMILES string of the molecule is C=CCOC(=O)N1CCN[C@H](C(=O)OC(C)(C)C)C1. The van der Waals surface area contributed by atoms with Gasteiger partial charge in [0, 0.05) is 13.1 Å². The first-order valence-corrected chi connectivity index (χ1v) is 6.32. The first-order valence-electron chi connectivity index (χ1n) is 6.32. The molecule has 6 nitrogen and oxygen atoms in total. The maximum Gasteiger partial charge on any atom is 0.410 e. The van der Waals surface area contributed by atoms with Gasteiger partial charge in [-0.05, 0) is 20.8 Å². The Labute approximate surface area is 113 Å². The fourth-order valence-corrected chi connectivity index (χ4v) is 1.67. The molecule has 0 unspecified atom stereocenters.